The number of rotatable bonds is 8. The quantitative estimate of drug-likeness (QED) is 0.431. The molecule has 0 radical (unpaired) electrons. The molecule has 1 aliphatic heterocycles. The van der Waals surface area contributed by atoms with E-state index in [-0.39, 0.29) is 31.4 Å². The molecule has 0 saturated carbocycles. The lowest BCUT2D eigenvalue weighted by atomic mass is 10.1. The summed E-state index contributed by atoms with van der Waals surface area (Å²) in [7, 11) is 0. The molecule has 114 valence electrons. The Kier molecular flexibility index (Phi) is 5.94. The number of hydrogen-bond donors (Lipinski definition) is 3. The average molecular weight is 285 g/mol. The molecule has 0 atom stereocenters. The van der Waals surface area contributed by atoms with E-state index in [1.807, 2.05) is 0 Å². The Labute approximate surface area is 118 Å². The van der Waals surface area contributed by atoms with Crippen LogP contribution in [0.4, 0.5) is 4.79 Å². The molecule has 7 nitrogen and oxygen atoms in total. The van der Waals surface area contributed by atoms with Crippen molar-refractivity contribution in [2.24, 2.45) is 0 Å². The van der Waals surface area contributed by atoms with E-state index in [1.165, 1.54) is 0 Å². The van der Waals surface area contributed by atoms with Gasteiger partial charge in [-0.3, -0.25) is 14.5 Å². The van der Waals surface area contributed by atoms with E-state index in [4.69, 9.17) is 5.11 Å². The van der Waals surface area contributed by atoms with Crippen LogP contribution in [0.1, 0.15) is 39.5 Å². The molecular formula is C13H23N3O4. The molecule has 4 amide bonds. The Balaban J connectivity index is 2.24. The second-order valence-electron chi connectivity index (χ2n) is 5.40. The fourth-order valence-electron chi connectivity index (χ4n) is 1.96. The minimum Gasteiger partial charge on any atom is -0.396 e. The molecular weight excluding hydrogens is 262 g/mol. The maximum absolute atomic E-state index is 11.9. The molecule has 0 spiro atoms. The lowest BCUT2D eigenvalue weighted by Crippen LogP contribution is -2.40. The zero-order valence-corrected chi connectivity index (χ0v) is 12.1. The fourth-order valence-corrected chi connectivity index (χ4v) is 1.96. The number of urea groups is 1. The summed E-state index contributed by atoms with van der Waals surface area (Å²) in [4.78, 5) is 36.1. The Hall–Kier alpha value is -1.63. The number of unbranched alkanes of at least 4 members (excludes halogenated alkanes) is 2. The van der Waals surface area contributed by atoms with Gasteiger partial charge in [0.2, 0.25) is 5.91 Å². The zero-order valence-electron chi connectivity index (χ0n) is 12.1. The second-order valence-corrected chi connectivity index (χ2v) is 5.40. The number of carbonyl (C=O) groups excluding carboxylic acids is 3. The van der Waals surface area contributed by atoms with Crippen molar-refractivity contribution in [3.05, 3.63) is 0 Å². The highest BCUT2D eigenvalue weighted by Gasteiger charge is 2.43. The normalized spacial score (nSPS) is 17.2. The molecule has 1 aliphatic rings. The van der Waals surface area contributed by atoms with Crippen LogP contribution in [0.3, 0.4) is 0 Å². The predicted octanol–water partition coefficient (Wildman–Crippen LogP) is -0.0143. The molecule has 1 saturated heterocycles. The molecule has 0 aliphatic carbocycles. The van der Waals surface area contributed by atoms with E-state index in [1.54, 1.807) is 13.8 Å². The smallest absolute Gasteiger partial charge is 0.325 e. The maximum atomic E-state index is 11.9. The van der Waals surface area contributed by atoms with Gasteiger partial charge in [0.15, 0.2) is 0 Å². The fraction of sp³-hybridized carbons (Fsp3) is 0.769. The van der Waals surface area contributed by atoms with Gasteiger partial charge in [0, 0.05) is 26.1 Å². The molecule has 0 unspecified atom stereocenters. The monoisotopic (exact) mass is 285 g/mol. The lowest BCUT2D eigenvalue weighted by molar-refractivity contribution is -0.130. The number of hydrogen-bond acceptors (Lipinski definition) is 4. The summed E-state index contributed by atoms with van der Waals surface area (Å²) < 4.78 is 0. The van der Waals surface area contributed by atoms with Gasteiger partial charge in [-0.25, -0.2) is 4.79 Å². The van der Waals surface area contributed by atoms with E-state index in [0.717, 1.165) is 24.2 Å². The average Bonchev–Trinajstić information content (AvgIpc) is 2.56. The standard InChI is InChI=1S/C13H23N3O4/c1-13(2)11(19)16(12(20)15-13)8-6-10(18)14-7-4-3-5-9-17/h17H,3-9H2,1-2H3,(H,14,18)(H,15,20). The van der Waals surface area contributed by atoms with Crippen molar-refractivity contribution in [2.75, 3.05) is 19.7 Å². The molecule has 7 heteroatoms. The highest BCUT2D eigenvalue weighted by atomic mass is 16.3. The first-order valence-corrected chi connectivity index (χ1v) is 6.90. The second kappa shape index (κ2) is 7.23. The molecule has 1 heterocycles. The summed E-state index contributed by atoms with van der Waals surface area (Å²) in [6.45, 7) is 4.07. The van der Waals surface area contributed by atoms with E-state index >= 15 is 0 Å². The zero-order chi connectivity index (χ0) is 15.2. The van der Waals surface area contributed by atoms with Crippen LogP contribution in [-0.2, 0) is 9.59 Å². The number of nitrogens with zero attached hydrogens (tertiary/aromatic N) is 1. The van der Waals surface area contributed by atoms with Crippen LogP contribution in [0.5, 0.6) is 0 Å². The van der Waals surface area contributed by atoms with Crippen LogP contribution in [0.15, 0.2) is 0 Å². The third-order valence-electron chi connectivity index (χ3n) is 3.16. The maximum Gasteiger partial charge on any atom is 0.325 e. The van der Waals surface area contributed by atoms with Gasteiger partial charge in [-0.15, -0.1) is 0 Å². The molecule has 0 aromatic rings. The van der Waals surface area contributed by atoms with Gasteiger partial charge in [0.1, 0.15) is 5.54 Å². The summed E-state index contributed by atoms with van der Waals surface area (Å²) in [5.74, 6) is -0.488. The Morgan fingerprint density at radius 2 is 2.00 bits per heavy atom. The molecule has 1 fully saturated rings. The van der Waals surface area contributed by atoms with Gasteiger partial charge in [0.05, 0.1) is 0 Å². The minimum atomic E-state index is -0.891. The molecule has 20 heavy (non-hydrogen) atoms. The van der Waals surface area contributed by atoms with Crippen molar-refractivity contribution in [3.63, 3.8) is 0 Å². The third kappa shape index (κ3) is 4.48. The van der Waals surface area contributed by atoms with Crippen LogP contribution in [-0.4, -0.2) is 53.1 Å². The SMILES string of the molecule is CC1(C)NC(=O)N(CCC(=O)NCCCCCO)C1=O. The number of aliphatic hydroxyl groups is 1. The van der Waals surface area contributed by atoms with Crippen LogP contribution >= 0.6 is 0 Å². The molecule has 0 aromatic heterocycles. The van der Waals surface area contributed by atoms with Crippen LogP contribution < -0.4 is 10.6 Å². The summed E-state index contributed by atoms with van der Waals surface area (Å²) in [6.07, 6.45) is 2.50. The summed E-state index contributed by atoms with van der Waals surface area (Å²) >= 11 is 0. The Morgan fingerprint density at radius 3 is 2.55 bits per heavy atom. The predicted molar refractivity (Wildman–Crippen MR) is 72.9 cm³/mol. The third-order valence-corrected chi connectivity index (χ3v) is 3.16. The first kappa shape index (κ1) is 16.4. The molecule has 0 bridgehead atoms. The first-order valence-electron chi connectivity index (χ1n) is 6.90. The summed E-state index contributed by atoms with van der Waals surface area (Å²) in [5.41, 5.74) is -0.891. The number of aliphatic hydroxyl groups excluding tert-OH is 1. The van der Waals surface area contributed by atoms with Gasteiger partial charge in [-0.05, 0) is 33.1 Å². The van der Waals surface area contributed by atoms with Gasteiger partial charge < -0.3 is 15.7 Å². The number of nitrogens with one attached hydrogen (secondary N) is 2. The van der Waals surface area contributed by atoms with Gasteiger partial charge >= 0.3 is 6.03 Å². The van der Waals surface area contributed by atoms with Crippen molar-refractivity contribution >= 4 is 17.8 Å². The molecule has 0 aromatic carbocycles. The summed E-state index contributed by atoms with van der Waals surface area (Å²) in [5, 5.41) is 13.9. The van der Waals surface area contributed by atoms with Crippen molar-refractivity contribution < 1.29 is 19.5 Å². The van der Waals surface area contributed by atoms with Crippen molar-refractivity contribution in [3.8, 4) is 0 Å². The van der Waals surface area contributed by atoms with Crippen molar-refractivity contribution in [1.29, 1.82) is 0 Å². The Morgan fingerprint density at radius 1 is 1.30 bits per heavy atom. The molecule has 1 rings (SSSR count). The lowest BCUT2D eigenvalue weighted by Gasteiger charge is -2.15. The van der Waals surface area contributed by atoms with Gasteiger partial charge in [0.25, 0.3) is 5.91 Å². The number of amides is 4. The van der Waals surface area contributed by atoms with Gasteiger partial charge in [-0.2, -0.15) is 0 Å². The van der Waals surface area contributed by atoms with E-state index in [0.29, 0.717) is 6.54 Å². The highest BCUT2D eigenvalue weighted by molar-refractivity contribution is 6.06. The topological polar surface area (TPSA) is 98.7 Å². The van der Waals surface area contributed by atoms with E-state index < -0.39 is 11.6 Å². The summed E-state index contributed by atoms with van der Waals surface area (Å²) in [6, 6.07) is -0.448. The largest absolute Gasteiger partial charge is 0.396 e. The van der Waals surface area contributed by atoms with Crippen LogP contribution in [0.2, 0.25) is 0 Å². The van der Waals surface area contributed by atoms with E-state index in [9.17, 15) is 14.4 Å². The van der Waals surface area contributed by atoms with Crippen LogP contribution in [0.25, 0.3) is 0 Å². The number of carbonyl (C=O) groups is 3. The molecule has 3 N–H and O–H groups in total. The Bertz CT molecular complexity index is 382. The first-order chi connectivity index (χ1) is 9.38. The number of imide groups is 1. The van der Waals surface area contributed by atoms with E-state index in [2.05, 4.69) is 10.6 Å². The van der Waals surface area contributed by atoms with Gasteiger partial charge in [-0.1, -0.05) is 0 Å². The highest BCUT2D eigenvalue weighted by Crippen LogP contribution is 2.16. The van der Waals surface area contributed by atoms with Crippen LogP contribution in [0, 0.1) is 0 Å². The minimum absolute atomic E-state index is 0.0938. The van der Waals surface area contributed by atoms with Crippen molar-refractivity contribution in [1.82, 2.24) is 15.5 Å². The van der Waals surface area contributed by atoms with Crippen molar-refractivity contribution in [2.45, 2.75) is 45.1 Å².